The van der Waals surface area contributed by atoms with Gasteiger partial charge >= 0.3 is 0 Å². The molecule has 0 saturated heterocycles. The van der Waals surface area contributed by atoms with E-state index >= 15 is 0 Å². The summed E-state index contributed by atoms with van der Waals surface area (Å²) in [6.07, 6.45) is 0. The molecule has 4 N–H and O–H groups in total. The predicted octanol–water partition coefficient (Wildman–Crippen LogP) is 2.07. The minimum atomic E-state index is -0.985. The molecule has 0 atom stereocenters. The number of nitrogens with zero attached hydrogens (tertiary/aromatic N) is 2. The molecule has 1 aromatic heterocycles. The quantitative estimate of drug-likeness (QED) is 0.537. The summed E-state index contributed by atoms with van der Waals surface area (Å²) in [5, 5.41) is 2.61. The van der Waals surface area contributed by atoms with Crippen LogP contribution >= 0.6 is 0 Å². The average Bonchev–Trinajstić information content (AvgIpc) is 2.91. The lowest BCUT2D eigenvalue weighted by atomic mass is 9.88. The van der Waals surface area contributed by atoms with E-state index in [1.165, 1.54) is 13.2 Å². The number of carbonyl (C=O) groups is 1. The lowest BCUT2D eigenvalue weighted by Gasteiger charge is -2.14. The monoisotopic (exact) mass is 399 g/mol. The Morgan fingerprint density at radius 1 is 1.31 bits per heavy atom. The van der Waals surface area contributed by atoms with Gasteiger partial charge in [0.2, 0.25) is 11.8 Å². The van der Waals surface area contributed by atoms with Crippen LogP contribution in [0.5, 0.6) is 0 Å². The Morgan fingerprint density at radius 2 is 2.00 bits per heavy atom. The first-order valence-corrected chi connectivity index (χ1v) is 8.92. The highest BCUT2D eigenvalue weighted by atomic mass is 19.1. The molecule has 1 aromatic carbocycles. The van der Waals surface area contributed by atoms with Crippen molar-refractivity contribution >= 4 is 23.3 Å². The first kappa shape index (κ1) is 20.2. The van der Waals surface area contributed by atoms with Crippen molar-refractivity contribution in [2.24, 2.45) is 10.7 Å². The number of hydrogen-bond acceptors (Lipinski definition) is 6. The number of aliphatic imine (C=N–C) groups is 1. The molecule has 152 valence electrons. The fraction of sp³-hybridized carbons (Fsp3) is 0.300. The van der Waals surface area contributed by atoms with E-state index in [4.69, 9.17) is 10.5 Å². The van der Waals surface area contributed by atoms with Gasteiger partial charge in [-0.05, 0) is 26.8 Å². The van der Waals surface area contributed by atoms with Crippen LogP contribution in [-0.2, 0) is 21.5 Å². The van der Waals surface area contributed by atoms with Crippen LogP contribution in [0.1, 0.15) is 37.7 Å². The van der Waals surface area contributed by atoms with E-state index in [2.05, 4.69) is 20.3 Å². The van der Waals surface area contributed by atoms with Crippen LogP contribution < -0.4 is 16.6 Å². The number of ether oxygens (including phenoxy) is 1. The number of carbonyl (C=O) groups excluding carboxylic acids is 1. The molecular weight excluding hydrogens is 377 g/mol. The topological polar surface area (TPSA) is 122 Å². The molecular formula is C20H22FN5O3. The second-order valence-corrected chi connectivity index (χ2v) is 7.17. The van der Waals surface area contributed by atoms with Crippen LogP contribution in [-0.4, -0.2) is 28.9 Å². The van der Waals surface area contributed by atoms with Gasteiger partial charge in [-0.2, -0.15) is 0 Å². The molecule has 0 radical (unpaired) electrons. The van der Waals surface area contributed by atoms with Gasteiger partial charge in [0.15, 0.2) is 5.82 Å². The Labute approximate surface area is 166 Å². The van der Waals surface area contributed by atoms with Crippen LogP contribution in [0, 0.1) is 5.82 Å². The van der Waals surface area contributed by atoms with Crippen LogP contribution in [0.3, 0.4) is 0 Å². The van der Waals surface area contributed by atoms with Crippen LogP contribution in [0.2, 0.25) is 0 Å². The second kappa shape index (κ2) is 7.50. The zero-order valence-electron chi connectivity index (χ0n) is 16.6. The van der Waals surface area contributed by atoms with Crippen molar-refractivity contribution in [2.75, 3.05) is 12.4 Å². The lowest BCUT2D eigenvalue weighted by molar-refractivity contribution is -0.119. The highest BCUT2D eigenvalue weighted by Gasteiger charge is 2.42. The largest absolute Gasteiger partial charge is 0.481 e. The predicted molar refractivity (Wildman–Crippen MR) is 108 cm³/mol. The summed E-state index contributed by atoms with van der Waals surface area (Å²) in [4.78, 5) is 35.8. The van der Waals surface area contributed by atoms with E-state index in [-0.39, 0.29) is 47.1 Å². The van der Waals surface area contributed by atoms with E-state index in [0.29, 0.717) is 11.1 Å². The number of rotatable bonds is 4. The van der Waals surface area contributed by atoms with E-state index in [1.54, 1.807) is 39.0 Å². The molecule has 3 rings (SSSR count). The summed E-state index contributed by atoms with van der Waals surface area (Å²) in [6, 6.07) is 6.28. The fourth-order valence-corrected chi connectivity index (χ4v) is 3.06. The van der Waals surface area contributed by atoms with Crippen molar-refractivity contribution in [1.82, 2.24) is 9.97 Å². The molecule has 0 bridgehead atoms. The second-order valence-electron chi connectivity index (χ2n) is 7.17. The molecule has 29 heavy (non-hydrogen) atoms. The van der Waals surface area contributed by atoms with Crippen molar-refractivity contribution in [3.63, 3.8) is 0 Å². The van der Waals surface area contributed by atoms with E-state index in [9.17, 15) is 14.0 Å². The summed E-state index contributed by atoms with van der Waals surface area (Å²) in [7, 11) is 1.42. The molecule has 9 heteroatoms. The maximum atomic E-state index is 13.8. The fourth-order valence-electron chi connectivity index (χ4n) is 3.06. The standard InChI is InChI=1S/C20H22FN5O3/c1-10(18(29-4)23-9-11-7-5-6-8-12(11)21)14(22)16-24-15-13(17(27)25-16)20(2,3)19(28)26-15/h5-8H,9,22H2,1-4H3,(H2,24,25,26,27,28). The van der Waals surface area contributed by atoms with Crippen molar-refractivity contribution in [2.45, 2.75) is 32.7 Å². The SMILES string of the molecule is COC(=NCc1ccccc1F)C(C)=C(N)c1nc2c(c(=O)[nH]1)C(C)(C)C(=O)N2. The first-order valence-electron chi connectivity index (χ1n) is 8.92. The minimum absolute atomic E-state index is 0.0544. The lowest BCUT2D eigenvalue weighted by Crippen LogP contribution is -2.31. The Hall–Kier alpha value is -3.49. The number of aromatic nitrogens is 2. The average molecular weight is 399 g/mol. The zero-order valence-corrected chi connectivity index (χ0v) is 16.6. The van der Waals surface area contributed by atoms with Gasteiger partial charge in [-0.1, -0.05) is 18.2 Å². The minimum Gasteiger partial charge on any atom is -0.481 e. The van der Waals surface area contributed by atoms with Gasteiger partial charge in [-0.3, -0.25) is 9.59 Å². The molecule has 0 unspecified atom stereocenters. The first-order chi connectivity index (χ1) is 13.7. The molecule has 1 aliphatic heterocycles. The van der Waals surface area contributed by atoms with E-state index < -0.39 is 11.0 Å². The molecule has 2 aromatic rings. The molecule has 8 nitrogen and oxygen atoms in total. The van der Waals surface area contributed by atoms with Gasteiger partial charge in [-0.25, -0.2) is 14.4 Å². The summed E-state index contributed by atoms with van der Waals surface area (Å²) >= 11 is 0. The molecule has 1 amide bonds. The van der Waals surface area contributed by atoms with Crippen molar-refractivity contribution < 1.29 is 13.9 Å². The molecule has 0 fully saturated rings. The van der Waals surface area contributed by atoms with Gasteiger partial charge in [0.05, 0.1) is 30.3 Å². The van der Waals surface area contributed by atoms with Crippen LogP contribution in [0.25, 0.3) is 5.70 Å². The molecule has 2 heterocycles. The Balaban J connectivity index is 1.98. The number of halogens is 1. The Kier molecular flexibility index (Phi) is 5.23. The van der Waals surface area contributed by atoms with Crippen molar-refractivity contribution in [3.8, 4) is 0 Å². The summed E-state index contributed by atoms with van der Waals surface area (Å²) in [6.45, 7) is 4.99. The number of methoxy groups -OCH3 is 1. The number of benzene rings is 1. The third-order valence-corrected chi connectivity index (χ3v) is 4.87. The van der Waals surface area contributed by atoms with Crippen molar-refractivity contribution in [3.05, 3.63) is 63.0 Å². The third-order valence-electron chi connectivity index (χ3n) is 4.87. The van der Waals surface area contributed by atoms with Gasteiger partial charge in [0, 0.05) is 11.1 Å². The number of aromatic amines is 1. The number of amides is 1. The maximum Gasteiger partial charge on any atom is 0.257 e. The van der Waals surface area contributed by atoms with Gasteiger partial charge in [0.25, 0.3) is 5.56 Å². The van der Waals surface area contributed by atoms with Gasteiger partial charge in [-0.15, -0.1) is 0 Å². The molecule has 1 aliphatic rings. The van der Waals surface area contributed by atoms with Crippen molar-refractivity contribution in [1.29, 1.82) is 0 Å². The van der Waals surface area contributed by atoms with Gasteiger partial charge in [0.1, 0.15) is 11.6 Å². The highest BCUT2D eigenvalue weighted by Crippen LogP contribution is 2.33. The zero-order chi connectivity index (χ0) is 21.3. The summed E-state index contributed by atoms with van der Waals surface area (Å²) in [5.74, 6) is -0.245. The maximum absolute atomic E-state index is 13.8. The molecule has 0 spiro atoms. The number of nitrogens with one attached hydrogen (secondary N) is 2. The Morgan fingerprint density at radius 3 is 2.66 bits per heavy atom. The summed E-state index contributed by atoms with van der Waals surface area (Å²) < 4.78 is 19.1. The number of anilines is 1. The van der Waals surface area contributed by atoms with Gasteiger partial charge < -0.3 is 20.8 Å². The van der Waals surface area contributed by atoms with Crippen LogP contribution in [0.15, 0.2) is 39.6 Å². The Bertz CT molecular complexity index is 1100. The van der Waals surface area contributed by atoms with Crippen LogP contribution in [0.4, 0.5) is 10.2 Å². The number of hydrogen-bond donors (Lipinski definition) is 3. The smallest absolute Gasteiger partial charge is 0.257 e. The van der Waals surface area contributed by atoms with E-state index in [1.807, 2.05) is 0 Å². The number of fused-ring (bicyclic) bond motifs is 1. The number of nitrogens with two attached hydrogens (primary N) is 1. The van der Waals surface area contributed by atoms with E-state index in [0.717, 1.165) is 0 Å². The summed E-state index contributed by atoms with van der Waals surface area (Å²) in [5.41, 5.74) is 5.94. The normalized spacial score (nSPS) is 16.2. The third kappa shape index (κ3) is 3.63. The highest BCUT2D eigenvalue weighted by molar-refractivity contribution is 6.05. The molecule has 0 saturated carbocycles. The molecule has 0 aliphatic carbocycles. The number of H-pyrrole nitrogens is 1.